The van der Waals surface area contributed by atoms with Crippen molar-refractivity contribution in [2.45, 2.75) is 38.3 Å². The van der Waals surface area contributed by atoms with Crippen molar-refractivity contribution in [1.29, 1.82) is 0 Å². The van der Waals surface area contributed by atoms with E-state index < -0.39 is 5.97 Å². The fraction of sp³-hybridized carbons (Fsp3) is 0.600. The van der Waals surface area contributed by atoms with Gasteiger partial charge in [0.2, 0.25) is 5.91 Å². The van der Waals surface area contributed by atoms with E-state index in [1.165, 1.54) is 0 Å². The Morgan fingerprint density at radius 2 is 2.04 bits per heavy atom. The predicted molar refractivity (Wildman–Crippen MR) is 100 cm³/mol. The summed E-state index contributed by atoms with van der Waals surface area (Å²) in [5.74, 6) is 0.0820. The Kier molecular flexibility index (Phi) is 6.14. The van der Waals surface area contributed by atoms with Gasteiger partial charge in [-0.05, 0) is 31.5 Å². The third-order valence-corrected chi connectivity index (χ3v) is 5.75. The average Bonchev–Trinajstić information content (AvgIpc) is 2.83. The number of aliphatic carboxylic acids is 1. The van der Waals surface area contributed by atoms with E-state index in [-0.39, 0.29) is 24.4 Å². The van der Waals surface area contributed by atoms with E-state index >= 15 is 0 Å². The number of rotatable bonds is 5. The van der Waals surface area contributed by atoms with Crippen molar-refractivity contribution in [3.63, 3.8) is 0 Å². The lowest BCUT2D eigenvalue weighted by molar-refractivity contribution is -0.137. The maximum absolute atomic E-state index is 12.3. The van der Waals surface area contributed by atoms with E-state index in [0.29, 0.717) is 18.3 Å². The van der Waals surface area contributed by atoms with Crippen LogP contribution in [0.15, 0.2) is 36.6 Å². The van der Waals surface area contributed by atoms with E-state index in [2.05, 4.69) is 40.6 Å². The quantitative estimate of drug-likeness (QED) is 0.780. The summed E-state index contributed by atoms with van der Waals surface area (Å²) >= 11 is 0. The Morgan fingerprint density at radius 1 is 1.23 bits per heavy atom. The maximum Gasteiger partial charge on any atom is 0.303 e. The molecule has 0 radical (unpaired) electrons. The molecule has 1 aliphatic carbocycles. The van der Waals surface area contributed by atoms with Crippen molar-refractivity contribution in [2.75, 3.05) is 26.2 Å². The van der Waals surface area contributed by atoms with E-state index in [9.17, 15) is 9.59 Å². The number of carboxylic acid groups (broad SMARTS) is 1. The molecular weight excluding hydrogens is 330 g/mol. The summed E-state index contributed by atoms with van der Waals surface area (Å²) in [5.41, 5.74) is 0. The van der Waals surface area contributed by atoms with Gasteiger partial charge in [-0.25, -0.2) is 0 Å². The Morgan fingerprint density at radius 3 is 2.81 bits per heavy atom. The summed E-state index contributed by atoms with van der Waals surface area (Å²) in [6.07, 6.45) is 14.6. The molecule has 0 bridgehead atoms. The molecule has 2 heterocycles. The van der Waals surface area contributed by atoms with Crippen LogP contribution < -0.4 is 5.32 Å². The number of nitrogens with one attached hydrogen (secondary N) is 1. The van der Waals surface area contributed by atoms with Gasteiger partial charge >= 0.3 is 5.97 Å². The molecule has 2 N–H and O–H groups in total. The molecule has 4 unspecified atom stereocenters. The first-order chi connectivity index (χ1) is 12.6. The SMILES string of the molecule is CC(=O)N1CCN(CCCC(=O)O)CC1C1CC=CNC2C=CC=CC21. The number of piperazine rings is 1. The average molecular weight is 359 g/mol. The van der Waals surface area contributed by atoms with Crippen LogP contribution in [0.4, 0.5) is 0 Å². The lowest BCUT2D eigenvalue weighted by atomic mass is 9.76. The summed E-state index contributed by atoms with van der Waals surface area (Å²) in [6.45, 7) is 4.79. The molecule has 1 saturated heterocycles. The number of amides is 1. The summed E-state index contributed by atoms with van der Waals surface area (Å²) in [6, 6.07) is 0.416. The number of hydrogen-bond donors (Lipinski definition) is 2. The lowest BCUT2D eigenvalue weighted by Crippen LogP contribution is -2.59. The molecule has 3 aliphatic rings. The van der Waals surface area contributed by atoms with Crippen LogP contribution in [0.3, 0.4) is 0 Å². The topological polar surface area (TPSA) is 72.9 Å². The van der Waals surface area contributed by atoms with E-state index in [1.54, 1.807) is 6.92 Å². The fourth-order valence-electron chi connectivity index (χ4n) is 4.46. The van der Waals surface area contributed by atoms with Crippen LogP contribution in [0.5, 0.6) is 0 Å². The molecule has 142 valence electrons. The van der Waals surface area contributed by atoms with Gasteiger partial charge in [0.25, 0.3) is 0 Å². The third-order valence-electron chi connectivity index (χ3n) is 5.75. The molecule has 4 atom stereocenters. The van der Waals surface area contributed by atoms with Crippen molar-refractivity contribution >= 4 is 11.9 Å². The summed E-state index contributed by atoms with van der Waals surface area (Å²) in [5, 5.41) is 12.3. The van der Waals surface area contributed by atoms with Gasteiger partial charge in [0.1, 0.15) is 0 Å². The molecule has 0 spiro atoms. The summed E-state index contributed by atoms with van der Waals surface area (Å²) in [4.78, 5) is 27.4. The van der Waals surface area contributed by atoms with Crippen molar-refractivity contribution in [2.24, 2.45) is 11.8 Å². The molecule has 2 aliphatic heterocycles. The smallest absolute Gasteiger partial charge is 0.303 e. The maximum atomic E-state index is 12.3. The van der Waals surface area contributed by atoms with E-state index in [0.717, 1.165) is 32.6 Å². The van der Waals surface area contributed by atoms with Crippen LogP contribution >= 0.6 is 0 Å². The molecule has 1 amide bonds. The van der Waals surface area contributed by atoms with Crippen LogP contribution in [-0.2, 0) is 9.59 Å². The summed E-state index contributed by atoms with van der Waals surface area (Å²) in [7, 11) is 0. The minimum atomic E-state index is -0.745. The van der Waals surface area contributed by atoms with Crippen LogP contribution in [0.2, 0.25) is 0 Å². The predicted octanol–water partition coefficient (Wildman–Crippen LogP) is 1.62. The third kappa shape index (κ3) is 4.36. The number of carbonyl (C=O) groups excluding carboxylic acids is 1. The molecule has 0 aromatic rings. The standard InChI is InChI=1S/C20H29N3O3/c1-15(24)23-13-12-22(11-5-9-20(25)26)14-19(23)17-7-4-10-21-18-8-3-2-6-16(17)18/h2-4,6,8,10,16-19,21H,5,7,9,11-14H2,1H3,(H,25,26). The fourth-order valence-corrected chi connectivity index (χ4v) is 4.46. The van der Waals surface area contributed by atoms with Gasteiger partial charge in [0, 0.05) is 44.9 Å². The van der Waals surface area contributed by atoms with Crippen LogP contribution in [0, 0.1) is 11.8 Å². The van der Waals surface area contributed by atoms with E-state index in [1.807, 2.05) is 11.1 Å². The monoisotopic (exact) mass is 359 g/mol. The first-order valence-electron chi connectivity index (χ1n) is 9.53. The second kappa shape index (κ2) is 8.54. The zero-order valence-corrected chi connectivity index (χ0v) is 15.4. The number of allylic oxidation sites excluding steroid dienone is 3. The molecule has 1 fully saturated rings. The van der Waals surface area contributed by atoms with Gasteiger partial charge in [-0.15, -0.1) is 0 Å². The highest BCUT2D eigenvalue weighted by atomic mass is 16.4. The van der Waals surface area contributed by atoms with Crippen molar-refractivity contribution in [3.8, 4) is 0 Å². The first kappa shape index (κ1) is 18.7. The number of carboxylic acids is 1. The highest BCUT2D eigenvalue weighted by Crippen LogP contribution is 2.33. The van der Waals surface area contributed by atoms with E-state index in [4.69, 9.17) is 5.11 Å². The van der Waals surface area contributed by atoms with Crippen LogP contribution in [-0.4, -0.2) is 65.0 Å². The Bertz CT molecular complexity index is 611. The highest BCUT2D eigenvalue weighted by molar-refractivity contribution is 5.73. The van der Waals surface area contributed by atoms with Gasteiger partial charge in [-0.3, -0.25) is 14.5 Å². The van der Waals surface area contributed by atoms with Crippen LogP contribution in [0.25, 0.3) is 0 Å². The Balaban J connectivity index is 1.74. The van der Waals surface area contributed by atoms with Crippen LogP contribution in [0.1, 0.15) is 26.2 Å². The highest BCUT2D eigenvalue weighted by Gasteiger charge is 2.39. The molecule has 6 heteroatoms. The molecule has 0 aromatic heterocycles. The molecule has 6 nitrogen and oxygen atoms in total. The van der Waals surface area contributed by atoms with Gasteiger partial charge in [-0.2, -0.15) is 0 Å². The molecular formula is C20H29N3O3. The Labute approximate surface area is 155 Å². The van der Waals surface area contributed by atoms with Gasteiger partial charge in [-0.1, -0.05) is 30.4 Å². The summed E-state index contributed by atoms with van der Waals surface area (Å²) < 4.78 is 0. The lowest BCUT2D eigenvalue weighted by Gasteiger charge is -2.47. The van der Waals surface area contributed by atoms with Crippen molar-refractivity contribution < 1.29 is 14.7 Å². The number of nitrogens with zero attached hydrogens (tertiary/aromatic N) is 2. The normalized spacial score (nSPS) is 31.2. The zero-order valence-electron chi connectivity index (χ0n) is 15.4. The van der Waals surface area contributed by atoms with Gasteiger partial charge in [0.05, 0.1) is 6.04 Å². The Hall–Kier alpha value is -2.08. The van der Waals surface area contributed by atoms with Crippen molar-refractivity contribution in [3.05, 3.63) is 36.6 Å². The van der Waals surface area contributed by atoms with Crippen molar-refractivity contribution in [1.82, 2.24) is 15.1 Å². The largest absolute Gasteiger partial charge is 0.481 e. The minimum absolute atomic E-state index is 0.133. The first-order valence-corrected chi connectivity index (χ1v) is 9.53. The molecule has 3 rings (SSSR count). The second-order valence-corrected chi connectivity index (χ2v) is 7.42. The van der Waals surface area contributed by atoms with Gasteiger partial charge in [0.15, 0.2) is 0 Å². The molecule has 0 aromatic carbocycles. The molecule has 26 heavy (non-hydrogen) atoms. The number of carbonyl (C=O) groups is 2. The zero-order chi connectivity index (χ0) is 18.5. The number of hydrogen-bond acceptors (Lipinski definition) is 4. The minimum Gasteiger partial charge on any atom is -0.481 e. The van der Waals surface area contributed by atoms with Gasteiger partial charge < -0.3 is 15.3 Å². The molecule has 0 saturated carbocycles. The second-order valence-electron chi connectivity index (χ2n) is 7.42. The number of fused-ring (bicyclic) bond motifs is 1.